The van der Waals surface area contributed by atoms with Gasteiger partial charge >= 0.3 is 0 Å². The fourth-order valence-corrected chi connectivity index (χ4v) is 4.26. The van der Waals surface area contributed by atoms with Gasteiger partial charge < -0.3 is 5.32 Å². The molecule has 3 aliphatic rings. The Bertz CT molecular complexity index is 738. The molecule has 4 rings (SSSR count). The third-order valence-electron chi connectivity index (χ3n) is 6.28. The molecule has 1 amide bonds. The number of anilines is 1. The van der Waals surface area contributed by atoms with E-state index >= 15 is 0 Å². The van der Waals surface area contributed by atoms with Crippen LogP contribution in [0.1, 0.15) is 69.0 Å². The summed E-state index contributed by atoms with van der Waals surface area (Å²) in [6.45, 7) is 3.79. The molecule has 0 spiro atoms. The van der Waals surface area contributed by atoms with Crippen molar-refractivity contribution < 1.29 is 22.4 Å². The van der Waals surface area contributed by atoms with Gasteiger partial charge in [0.2, 0.25) is 17.8 Å². The molecule has 0 bridgehead atoms. The minimum atomic E-state index is -2.76. The largest absolute Gasteiger partial charge is 0.310 e. The SMILES string of the molecule is Cc1c(C2CC(F)(F)C2)nn(C2(C)CCC2)c1NC(=O)C1CC(F)(F)C1. The van der Waals surface area contributed by atoms with Crippen LogP contribution in [-0.4, -0.2) is 27.5 Å². The van der Waals surface area contributed by atoms with Crippen LogP contribution in [0.2, 0.25) is 0 Å². The maximum absolute atomic E-state index is 13.3. The average Bonchev–Trinajstić information content (AvgIpc) is 2.77. The Morgan fingerprint density at radius 2 is 1.69 bits per heavy atom. The van der Waals surface area contributed by atoms with E-state index in [1.807, 2.05) is 6.92 Å². The van der Waals surface area contributed by atoms with E-state index in [4.69, 9.17) is 0 Å². The quantitative estimate of drug-likeness (QED) is 0.785. The maximum atomic E-state index is 13.3. The predicted octanol–water partition coefficient (Wildman–Crippen LogP) is 4.59. The third-order valence-corrected chi connectivity index (χ3v) is 6.28. The minimum Gasteiger partial charge on any atom is -0.310 e. The van der Waals surface area contributed by atoms with E-state index in [1.165, 1.54) is 0 Å². The molecule has 1 heterocycles. The van der Waals surface area contributed by atoms with Crippen molar-refractivity contribution in [3.8, 4) is 0 Å². The van der Waals surface area contributed by atoms with Gasteiger partial charge in [-0.05, 0) is 33.1 Å². The summed E-state index contributed by atoms with van der Waals surface area (Å²) in [6, 6.07) is 0. The maximum Gasteiger partial charge on any atom is 0.249 e. The molecular weight excluding hydrogens is 350 g/mol. The molecular formula is C18H23F4N3O. The molecule has 26 heavy (non-hydrogen) atoms. The number of nitrogens with one attached hydrogen (secondary N) is 1. The average molecular weight is 373 g/mol. The van der Waals surface area contributed by atoms with E-state index in [0.29, 0.717) is 17.1 Å². The Morgan fingerprint density at radius 1 is 1.12 bits per heavy atom. The van der Waals surface area contributed by atoms with Gasteiger partial charge in [-0.3, -0.25) is 4.79 Å². The minimum absolute atomic E-state index is 0.232. The first-order chi connectivity index (χ1) is 12.0. The van der Waals surface area contributed by atoms with Crippen LogP contribution in [0, 0.1) is 12.8 Å². The Kier molecular flexibility index (Phi) is 3.73. The van der Waals surface area contributed by atoms with Crippen LogP contribution in [0.15, 0.2) is 0 Å². The lowest BCUT2D eigenvalue weighted by Gasteiger charge is -2.40. The Hall–Kier alpha value is -1.60. The number of amides is 1. The fourth-order valence-electron chi connectivity index (χ4n) is 4.26. The first kappa shape index (κ1) is 17.8. The van der Waals surface area contributed by atoms with Crippen LogP contribution in [0.3, 0.4) is 0 Å². The van der Waals surface area contributed by atoms with Gasteiger partial charge in [0.25, 0.3) is 0 Å². The number of hydrogen-bond donors (Lipinski definition) is 1. The van der Waals surface area contributed by atoms with Gasteiger partial charge in [0.1, 0.15) is 5.82 Å². The van der Waals surface area contributed by atoms with Gasteiger partial charge in [-0.25, -0.2) is 22.2 Å². The van der Waals surface area contributed by atoms with Crippen molar-refractivity contribution in [2.45, 2.75) is 82.1 Å². The topological polar surface area (TPSA) is 46.9 Å². The monoisotopic (exact) mass is 373 g/mol. The van der Waals surface area contributed by atoms with Crippen molar-refractivity contribution in [2.24, 2.45) is 5.92 Å². The molecule has 0 aliphatic heterocycles. The molecule has 0 atom stereocenters. The Balaban J connectivity index is 1.60. The van der Waals surface area contributed by atoms with Gasteiger partial charge in [0, 0.05) is 43.1 Å². The number of carbonyl (C=O) groups is 1. The zero-order valence-corrected chi connectivity index (χ0v) is 14.9. The summed E-state index contributed by atoms with van der Waals surface area (Å²) in [5.41, 5.74) is 1.01. The van der Waals surface area contributed by atoms with Gasteiger partial charge in [0.15, 0.2) is 0 Å². The van der Waals surface area contributed by atoms with Gasteiger partial charge in [-0.15, -0.1) is 0 Å². The van der Waals surface area contributed by atoms with Crippen LogP contribution in [0.25, 0.3) is 0 Å². The van der Waals surface area contributed by atoms with Crippen molar-refractivity contribution in [1.29, 1.82) is 0 Å². The molecule has 3 fully saturated rings. The van der Waals surface area contributed by atoms with Gasteiger partial charge in [0.05, 0.1) is 11.2 Å². The Labute approximate surface area is 149 Å². The summed E-state index contributed by atoms with van der Waals surface area (Å²) in [5, 5.41) is 7.37. The molecule has 0 aromatic carbocycles. The summed E-state index contributed by atoms with van der Waals surface area (Å²) >= 11 is 0. The first-order valence-corrected chi connectivity index (χ1v) is 9.16. The van der Waals surface area contributed by atoms with Crippen LogP contribution in [0.5, 0.6) is 0 Å². The summed E-state index contributed by atoms with van der Waals surface area (Å²) < 4.78 is 54.5. The number of halogens is 4. The van der Waals surface area contributed by atoms with Crippen LogP contribution < -0.4 is 5.32 Å². The third kappa shape index (κ3) is 2.81. The number of aromatic nitrogens is 2. The Morgan fingerprint density at radius 3 is 2.15 bits per heavy atom. The highest BCUT2D eigenvalue weighted by atomic mass is 19.3. The van der Waals surface area contributed by atoms with E-state index in [0.717, 1.165) is 19.3 Å². The lowest BCUT2D eigenvalue weighted by Crippen LogP contribution is -2.44. The zero-order valence-electron chi connectivity index (χ0n) is 14.9. The summed E-state index contributed by atoms with van der Waals surface area (Å²) in [5.74, 6) is -6.40. The molecule has 144 valence electrons. The van der Waals surface area contributed by atoms with Crippen molar-refractivity contribution in [1.82, 2.24) is 9.78 Å². The molecule has 3 saturated carbocycles. The standard InChI is InChI=1S/C18H23F4N3O/c1-10-13(11-6-17(19,20)7-11)24-25(16(2)4-3-5-16)14(10)23-15(26)12-8-18(21,22)9-12/h11-12H,3-9H2,1-2H3,(H,23,26). The molecule has 0 saturated heterocycles. The van der Waals surface area contributed by atoms with E-state index in [1.54, 1.807) is 11.6 Å². The predicted molar refractivity (Wildman–Crippen MR) is 87.7 cm³/mol. The molecule has 1 N–H and O–H groups in total. The van der Waals surface area contributed by atoms with Crippen molar-refractivity contribution in [3.63, 3.8) is 0 Å². The van der Waals surface area contributed by atoms with E-state index in [9.17, 15) is 22.4 Å². The number of carbonyl (C=O) groups excluding carboxylic acids is 1. The summed E-state index contributed by atoms with van der Waals surface area (Å²) in [6.07, 6.45) is 1.47. The molecule has 1 aromatic heterocycles. The molecule has 3 aliphatic carbocycles. The second kappa shape index (κ2) is 5.45. The molecule has 4 nitrogen and oxygen atoms in total. The highest BCUT2D eigenvalue weighted by molar-refractivity contribution is 5.93. The number of hydrogen-bond acceptors (Lipinski definition) is 2. The van der Waals surface area contributed by atoms with E-state index < -0.39 is 36.5 Å². The molecule has 0 unspecified atom stereocenters. The summed E-state index contributed by atoms with van der Waals surface area (Å²) in [4.78, 5) is 12.4. The zero-order chi connectivity index (χ0) is 18.9. The van der Waals surface area contributed by atoms with Crippen molar-refractivity contribution in [3.05, 3.63) is 11.3 Å². The van der Waals surface area contributed by atoms with Gasteiger partial charge in [-0.1, -0.05) is 0 Å². The van der Waals surface area contributed by atoms with E-state index in [-0.39, 0.29) is 24.3 Å². The first-order valence-electron chi connectivity index (χ1n) is 9.16. The molecule has 1 aromatic rings. The number of rotatable bonds is 4. The van der Waals surface area contributed by atoms with Crippen molar-refractivity contribution >= 4 is 11.7 Å². The fraction of sp³-hybridized carbons (Fsp3) is 0.778. The molecule has 8 heteroatoms. The summed E-state index contributed by atoms with van der Waals surface area (Å²) in [7, 11) is 0. The second-order valence-corrected chi connectivity index (χ2v) is 8.53. The van der Waals surface area contributed by atoms with Crippen molar-refractivity contribution in [2.75, 3.05) is 5.32 Å². The number of nitrogens with zero attached hydrogens (tertiary/aromatic N) is 2. The van der Waals surface area contributed by atoms with E-state index in [2.05, 4.69) is 10.4 Å². The normalized spacial score (nSPS) is 26.5. The van der Waals surface area contributed by atoms with Crippen LogP contribution in [0.4, 0.5) is 23.4 Å². The highest BCUT2D eigenvalue weighted by Crippen LogP contribution is 2.51. The highest BCUT2D eigenvalue weighted by Gasteiger charge is 2.50. The second-order valence-electron chi connectivity index (χ2n) is 8.53. The number of alkyl halides is 4. The smallest absolute Gasteiger partial charge is 0.249 e. The van der Waals surface area contributed by atoms with Crippen LogP contribution >= 0.6 is 0 Å². The van der Waals surface area contributed by atoms with Gasteiger partial charge in [-0.2, -0.15) is 5.10 Å². The van der Waals surface area contributed by atoms with Crippen LogP contribution in [-0.2, 0) is 10.3 Å². The molecule has 0 radical (unpaired) electrons. The lowest BCUT2D eigenvalue weighted by atomic mass is 9.78. The lowest BCUT2D eigenvalue weighted by molar-refractivity contribution is -0.145.